The van der Waals surface area contributed by atoms with E-state index >= 15 is 0 Å². The maximum Gasteiger partial charge on any atom is 0.133 e. The van der Waals surface area contributed by atoms with Gasteiger partial charge >= 0.3 is 0 Å². The van der Waals surface area contributed by atoms with Crippen molar-refractivity contribution < 1.29 is 9.00 Å². The van der Waals surface area contributed by atoms with Crippen LogP contribution in [-0.4, -0.2) is 27.4 Å². The third-order valence-electron chi connectivity index (χ3n) is 2.83. The molecule has 1 fully saturated rings. The lowest BCUT2D eigenvalue weighted by atomic mass is 9.99. The number of Topliss-reactive ketones (excluding diaryl/α,β-unsaturated/α-hetero) is 1. The molecule has 15 heavy (non-hydrogen) atoms. The van der Waals surface area contributed by atoms with E-state index in [1.807, 2.05) is 0 Å². The van der Waals surface area contributed by atoms with Crippen LogP contribution < -0.4 is 0 Å². The third-order valence-corrected chi connectivity index (χ3v) is 4.99. The second-order valence-electron chi connectivity index (χ2n) is 5.19. The first-order valence-electron chi connectivity index (χ1n) is 5.73. The number of ketones is 1. The van der Waals surface area contributed by atoms with Gasteiger partial charge < -0.3 is 0 Å². The van der Waals surface area contributed by atoms with Crippen LogP contribution in [-0.2, 0) is 14.3 Å². The Kier molecular flexibility index (Phi) is 4.38. The number of hydrogen-bond acceptors (Lipinski definition) is 2. The zero-order valence-corrected chi connectivity index (χ0v) is 10.6. The van der Waals surface area contributed by atoms with Crippen molar-refractivity contribution in [3.8, 4) is 0 Å². The Morgan fingerprint density at radius 1 is 1.47 bits per heavy atom. The Hall–Kier alpha value is -0.310. The van der Waals surface area contributed by atoms with Crippen LogP contribution >= 0.6 is 0 Å². The van der Waals surface area contributed by atoms with Crippen LogP contribution in [0.3, 0.4) is 0 Å². The molecular weight excluding hydrogens is 208 g/mol. The van der Waals surface area contributed by atoms with E-state index < -0.39 is 9.52 Å². The van der Waals surface area contributed by atoms with Gasteiger partial charge in [-0.1, -0.05) is 20.3 Å². The highest BCUT2D eigenvalue weighted by molar-refractivity contribution is 8.01. The first kappa shape index (κ1) is 12.8. The summed E-state index contributed by atoms with van der Waals surface area (Å²) >= 11 is 0. The molecule has 0 spiro atoms. The smallest absolute Gasteiger partial charge is 0.133 e. The van der Waals surface area contributed by atoms with Crippen LogP contribution in [0, 0.1) is 11.8 Å². The fraction of sp³-hybridized carbons (Fsp3) is 0.833. The molecule has 0 bridgehead atoms. The summed E-state index contributed by atoms with van der Waals surface area (Å²) in [6.45, 7) is 4.35. The Balaban J connectivity index is 2.10. The van der Waals surface area contributed by atoms with Crippen molar-refractivity contribution in [1.82, 2.24) is 0 Å². The summed E-state index contributed by atoms with van der Waals surface area (Å²) in [5.41, 5.74) is 0. The zero-order valence-electron chi connectivity index (χ0n) is 9.83. The van der Waals surface area contributed by atoms with Gasteiger partial charge in [-0.2, -0.15) is 0 Å². The van der Waals surface area contributed by atoms with Gasteiger partial charge in [-0.25, -0.2) is 0 Å². The largest absolute Gasteiger partial charge is 0.300 e. The van der Waals surface area contributed by atoms with Crippen molar-refractivity contribution >= 4 is 21.2 Å². The van der Waals surface area contributed by atoms with Crippen molar-refractivity contribution in [2.24, 2.45) is 11.8 Å². The maximum atomic E-state index is 11.5. The van der Waals surface area contributed by atoms with Gasteiger partial charge in [0, 0.05) is 24.3 Å². The highest BCUT2D eigenvalue weighted by Crippen LogP contribution is 2.22. The van der Waals surface area contributed by atoms with Crippen LogP contribution in [0.15, 0.2) is 0 Å². The van der Waals surface area contributed by atoms with Gasteiger partial charge in [-0.3, -0.25) is 9.00 Å². The van der Waals surface area contributed by atoms with E-state index in [9.17, 15) is 9.00 Å². The maximum absolute atomic E-state index is 11.5. The van der Waals surface area contributed by atoms with E-state index in [0.29, 0.717) is 42.0 Å². The molecule has 1 aliphatic rings. The summed E-state index contributed by atoms with van der Waals surface area (Å²) in [6, 6.07) is 0. The lowest BCUT2D eigenvalue weighted by Gasteiger charge is -2.29. The van der Waals surface area contributed by atoms with Crippen LogP contribution in [0.25, 0.3) is 0 Å². The molecule has 0 aromatic heterocycles. The van der Waals surface area contributed by atoms with E-state index in [-0.39, 0.29) is 0 Å². The Bertz CT molecular complexity index is 303. The molecule has 0 aromatic rings. The van der Waals surface area contributed by atoms with Crippen molar-refractivity contribution in [2.75, 3.05) is 11.5 Å². The molecule has 0 aliphatic carbocycles. The predicted octanol–water partition coefficient (Wildman–Crippen LogP) is 2.12. The van der Waals surface area contributed by atoms with Crippen LogP contribution in [0.1, 0.15) is 39.5 Å². The first-order valence-corrected chi connectivity index (χ1v) is 7.80. The van der Waals surface area contributed by atoms with Gasteiger partial charge in [0.25, 0.3) is 0 Å². The standard InChI is InChI=1S/C12H22O2S/c1-10(2)5-4-6-12(13)7-11-8-15(3,14)9-11/h10-11H,3-9H2,1-2H3. The molecular formula is C12H22O2S. The molecule has 1 aliphatic heterocycles. The van der Waals surface area contributed by atoms with Crippen LogP contribution in [0.5, 0.6) is 0 Å². The fourth-order valence-electron chi connectivity index (χ4n) is 2.06. The van der Waals surface area contributed by atoms with Crippen molar-refractivity contribution in [3.05, 3.63) is 0 Å². The monoisotopic (exact) mass is 230 g/mol. The summed E-state index contributed by atoms with van der Waals surface area (Å²) in [5, 5.41) is 0. The number of carbonyl (C=O) groups is 1. The molecule has 0 atom stereocenters. The average molecular weight is 230 g/mol. The Morgan fingerprint density at radius 2 is 2.07 bits per heavy atom. The summed E-state index contributed by atoms with van der Waals surface area (Å²) < 4.78 is 11.3. The van der Waals surface area contributed by atoms with E-state index in [1.165, 1.54) is 0 Å². The second-order valence-corrected chi connectivity index (χ2v) is 7.79. The highest BCUT2D eigenvalue weighted by Gasteiger charge is 2.29. The minimum Gasteiger partial charge on any atom is -0.300 e. The average Bonchev–Trinajstić information content (AvgIpc) is 1.99. The molecule has 88 valence electrons. The van der Waals surface area contributed by atoms with E-state index in [2.05, 4.69) is 19.7 Å². The normalized spacial score (nSPS) is 30.2. The molecule has 1 saturated heterocycles. The number of rotatable bonds is 6. The Labute approximate surface area is 93.5 Å². The molecule has 1 rings (SSSR count). The van der Waals surface area contributed by atoms with E-state index in [4.69, 9.17) is 0 Å². The molecule has 0 unspecified atom stereocenters. The topological polar surface area (TPSA) is 34.1 Å². The molecule has 1 heterocycles. The van der Waals surface area contributed by atoms with Gasteiger partial charge in [0.1, 0.15) is 5.78 Å². The number of carbonyl (C=O) groups excluding carboxylic acids is 1. The number of hydrogen-bond donors (Lipinski definition) is 0. The summed E-state index contributed by atoms with van der Waals surface area (Å²) in [6.07, 6.45) is 3.46. The molecule has 2 nitrogen and oxygen atoms in total. The van der Waals surface area contributed by atoms with Gasteiger partial charge in [-0.15, -0.1) is 0 Å². The fourth-order valence-corrected chi connectivity index (χ4v) is 3.92. The molecule has 0 saturated carbocycles. The molecule has 0 N–H and O–H groups in total. The van der Waals surface area contributed by atoms with Gasteiger partial charge in [0.15, 0.2) is 0 Å². The van der Waals surface area contributed by atoms with Gasteiger partial charge in [0.2, 0.25) is 0 Å². The lowest BCUT2D eigenvalue weighted by Crippen LogP contribution is -2.37. The molecule has 0 amide bonds. The highest BCUT2D eigenvalue weighted by atomic mass is 32.2. The van der Waals surface area contributed by atoms with Crippen molar-refractivity contribution in [1.29, 1.82) is 0 Å². The zero-order chi connectivity index (χ0) is 11.5. The SMILES string of the molecule is C=S1(=O)CC(CC(=O)CCCC(C)C)C1. The summed E-state index contributed by atoms with van der Waals surface area (Å²) in [5.74, 6) is 6.36. The van der Waals surface area contributed by atoms with Crippen molar-refractivity contribution in [2.45, 2.75) is 39.5 Å². The molecule has 0 radical (unpaired) electrons. The van der Waals surface area contributed by atoms with Crippen LogP contribution in [0.4, 0.5) is 0 Å². The minimum absolute atomic E-state index is 0.343. The van der Waals surface area contributed by atoms with E-state index in [0.717, 1.165) is 12.8 Å². The molecule has 3 heteroatoms. The molecule has 0 aromatic carbocycles. The third kappa shape index (κ3) is 4.83. The summed E-state index contributed by atoms with van der Waals surface area (Å²) in [4.78, 5) is 11.5. The van der Waals surface area contributed by atoms with Crippen molar-refractivity contribution in [3.63, 3.8) is 0 Å². The van der Waals surface area contributed by atoms with Crippen LogP contribution in [0.2, 0.25) is 0 Å². The van der Waals surface area contributed by atoms with E-state index in [1.54, 1.807) is 0 Å². The predicted molar refractivity (Wildman–Crippen MR) is 66.8 cm³/mol. The second kappa shape index (κ2) is 5.15. The minimum atomic E-state index is -1.76. The lowest BCUT2D eigenvalue weighted by molar-refractivity contribution is -0.119. The quantitative estimate of drug-likeness (QED) is 0.655. The Morgan fingerprint density at radius 3 is 2.53 bits per heavy atom. The van der Waals surface area contributed by atoms with Gasteiger partial charge in [-0.05, 0) is 33.6 Å². The van der Waals surface area contributed by atoms with Gasteiger partial charge in [0.05, 0.1) is 0 Å². The summed E-state index contributed by atoms with van der Waals surface area (Å²) in [7, 11) is -1.76. The first-order chi connectivity index (χ1) is 6.89.